The average Bonchev–Trinajstić information content (AvgIpc) is 3.05. The standard InChI is InChI=1S/C15H18N4O.2ClH/c1-18(9-11-6-17-19(2)10-11)15(20)12-3-4-13-7-16-8-14(13)5-12;;/h3-6,10,16H,7-9H2,1-2H3;2*1H. The van der Waals surface area contributed by atoms with Gasteiger partial charge in [0.05, 0.1) is 6.20 Å². The number of nitrogens with one attached hydrogen (secondary N) is 1. The van der Waals surface area contributed by atoms with Crippen molar-refractivity contribution in [2.75, 3.05) is 7.05 Å². The van der Waals surface area contributed by atoms with Crippen LogP contribution in [-0.2, 0) is 26.7 Å². The molecule has 2 heterocycles. The summed E-state index contributed by atoms with van der Waals surface area (Å²) < 4.78 is 1.74. The topological polar surface area (TPSA) is 50.2 Å². The first-order chi connectivity index (χ1) is 9.63. The van der Waals surface area contributed by atoms with Crippen LogP contribution in [0.4, 0.5) is 0 Å². The number of aryl methyl sites for hydroxylation is 1. The predicted molar refractivity (Wildman–Crippen MR) is 90.5 cm³/mol. The first kappa shape index (κ1) is 18.5. The molecule has 3 rings (SSSR count). The van der Waals surface area contributed by atoms with Crippen molar-refractivity contribution >= 4 is 30.7 Å². The van der Waals surface area contributed by atoms with Crippen LogP contribution in [0.1, 0.15) is 27.0 Å². The predicted octanol–water partition coefficient (Wildman–Crippen LogP) is 2.14. The van der Waals surface area contributed by atoms with Crippen molar-refractivity contribution in [2.24, 2.45) is 7.05 Å². The van der Waals surface area contributed by atoms with E-state index >= 15 is 0 Å². The zero-order valence-corrected chi connectivity index (χ0v) is 14.2. The van der Waals surface area contributed by atoms with E-state index in [9.17, 15) is 4.79 Å². The number of rotatable bonds is 3. The SMILES string of the molecule is CN(Cc1cnn(C)c1)C(=O)c1ccc2c(c1)CNC2.Cl.Cl. The van der Waals surface area contributed by atoms with Crippen molar-refractivity contribution in [1.29, 1.82) is 0 Å². The number of hydrogen-bond donors (Lipinski definition) is 1. The van der Waals surface area contributed by atoms with Crippen LogP contribution < -0.4 is 5.32 Å². The van der Waals surface area contributed by atoms with E-state index in [4.69, 9.17) is 0 Å². The van der Waals surface area contributed by atoms with E-state index in [1.165, 1.54) is 11.1 Å². The van der Waals surface area contributed by atoms with Gasteiger partial charge in [0.15, 0.2) is 0 Å². The summed E-state index contributed by atoms with van der Waals surface area (Å²) in [6, 6.07) is 5.95. The van der Waals surface area contributed by atoms with Crippen LogP contribution >= 0.6 is 24.8 Å². The van der Waals surface area contributed by atoms with Gasteiger partial charge in [-0.2, -0.15) is 5.10 Å². The minimum Gasteiger partial charge on any atom is -0.337 e. The van der Waals surface area contributed by atoms with E-state index in [-0.39, 0.29) is 30.7 Å². The van der Waals surface area contributed by atoms with Crippen molar-refractivity contribution in [3.8, 4) is 0 Å². The summed E-state index contributed by atoms with van der Waals surface area (Å²) in [7, 11) is 3.69. The lowest BCUT2D eigenvalue weighted by molar-refractivity contribution is 0.0785. The molecule has 0 saturated carbocycles. The van der Waals surface area contributed by atoms with E-state index in [2.05, 4.69) is 10.4 Å². The molecule has 1 aliphatic rings. The molecule has 0 unspecified atom stereocenters. The molecule has 120 valence electrons. The maximum atomic E-state index is 12.4. The lowest BCUT2D eigenvalue weighted by Crippen LogP contribution is -2.26. The maximum Gasteiger partial charge on any atom is 0.253 e. The molecule has 7 heteroatoms. The molecule has 0 spiro atoms. The molecular formula is C15H20Cl2N4O. The Bertz CT molecular complexity index is 657. The van der Waals surface area contributed by atoms with Gasteiger partial charge >= 0.3 is 0 Å². The summed E-state index contributed by atoms with van der Waals surface area (Å²) in [5.41, 5.74) is 4.30. The molecule has 22 heavy (non-hydrogen) atoms. The van der Waals surface area contributed by atoms with Gasteiger partial charge in [0.25, 0.3) is 5.91 Å². The van der Waals surface area contributed by atoms with Crippen molar-refractivity contribution < 1.29 is 4.79 Å². The molecule has 1 amide bonds. The van der Waals surface area contributed by atoms with E-state index in [1.54, 1.807) is 15.8 Å². The summed E-state index contributed by atoms with van der Waals surface area (Å²) in [4.78, 5) is 14.2. The zero-order valence-electron chi connectivity index (χ0n) is 12.6. The largest absolute Gasteiger partial charge is 0.337 e. The fourth-order valence-corrected chi connectivity index (χ4v) is 2.55. The summed E-state index contributed by atoms with van der Waals surface area (Å²) in [6.07, 6.45) is 3.72. The highest BCUT2D eigenvalue weighted by molar-refractivity contribution is 5.94. The highest BCUT2D eigenvalue weighted by atomic mass is 35.5. The first-order valence-corrected chi connectivity index (χ1v) is 6.69. The van der Waals surface area contributed by atoms with Crippen LogP contribution in [0.2, 0.25) is 0 Å². The Balaban J connectivity index is 0.00000121. The third-order valence-corrected chi connectivity index (χ3v) is 3.61. The van der Waals surface area contributed by atoms with Crippen molar-refractivity contribution in [3.05, 3.63) is 52.8 Å². The minimum atomic E-state index is 0. The Morgan fingerprint density at radius 2 is 2.05 bits per heavy atom. The summed E-state index contributed by atoms with van der Waals surface area (Å²) >= 11 is 0. The number of amides is 1. The number of benzene rings is 1. The van der Waals surface area contributed by atoms with Gasteiger partial charge in [-0.05, 0) is 23.3 Å². The fraction of sp³-hybridized carbons (Fsp3) is 0.333. The molecule has 1 aliphatic heterocycles. The van der Waals surface area contributed by atoms with Gasteiger partial charge in [0.2, 0.25) is 0 Å². The number of nitrogens with zero attached hydrogens (tertiary/aromatic N) is 3. The quantitative estimate of drug-likeness (QED) is 0.929. The lowest BCUT2D eigenvalue weighted by atomic mass is 10.1. The molecule has 0 aliphatic carbocycles. The van der Waals surface area contributed by atoms with Crippen LogP contribution in [0, 0.1) is 0 Å². The minimum absolute atomic E-state index is 0. The Morgan fingerprint density at radius 1 is 1.32 bits per heavy atom. The number of aromatic nitrogens is 2. The summed E-state index contributed by atoms with van der Waals surface area (Å²) in [5.74, 6) is 0.0450. The number of fused-ring (bicyclic) bond motifs is 1. The molecule has 0 atom stereocenters. The molecular weight excluding hydrogens is 323 g/mol. The van der Waals surface area contributed by atoms with E-state index in [0.29, 0.717) is 6.54 Å². The number of halogens is 2. The van der Waals surface area contributed by atoms with Gasteiger partial charge in [-0.15, -0.1) is 24.8 Å². The smallest absolute Gasteiger partial charge is 0.253 e. The maximum absolute atomic E-state index is 12.4. The molecule has 2 aromatic rings. The molecule has 1 aromatic heterocycles. The molecule has 0 saturated heterocycles. The summed E-state index contributed by atoms with van der Waals surface area (Å²) in [5, 5.41) is 7.41. The molecule has 5 nitrogen and oxygen atoms in total. The van der Waals surface area contributed by atoms with E-state index in [0.717, 1.165) is 24.2 Å². The monoisotopic (exact) mass is 342 g/mol. The highest BCUT2D eigenvalue weighted by Gasteiger charge is 2.16. The van der Waals surface area contributed by atoms with Crippen molar-refractivity contribution in [2.45, 2.75) is 19.6 Å². The van der Waals surface area contributed by atoms with Crippen molar-refractivity contribution in [1.82, 2.24) is 20.0 Å². The Morgan fingerprint density at radius 3 is 2.73 bits per heavy atom. The van der Waals surface area contributed by atoms with Gasteiger partial charge in [0, 0.05) is 51.1 Å². The van der Waals surface area contributed by atoms with Crippen LogP contribution in [0.25, 0.3) is 0 Å². The second-order valence-corrected chi connectivity index (χ2v) is 5.27. The molecule has 0 fully saturated rings. The summed E-state index contributed by atoms with van der Waals surface area (Å²) in [6.45, 7) is 2.32. The van der Waals surface area contributed by atoms with Gasteiger partial charge in [-0.25, -0.2) is 0 Å². The number of hydrogen-bond acceptors (Lipinski definition) is 3. The highest BCUT2D eigenvalue weighted by Crippen LogP contribution is 2.18. The number of carbonyl (C=O) groups excluding carboxylic acids is 1. The van der Waals surface area contributed by atoms with E-state index < -0.39 is 0 Å². The van der Waals surface area contributed by atoms with Gasteiger partial charge in [-0.1, -0.05) is 6.07 Å². The molecule has 1 N–H and O–H groups in total. The molecule has 1 aromatic carbocycles. The van der Waals surface area contributed by atoms with Crippen molar-refractivity contribution in [3.63, 3.8) is 0 Å². The van der Waals surface area contributed by atoms with Crippen LogP contribution in [-0.4, -0.2) is 27.6 Å². The first-order valence-electron chi connectivity index (χ1n) is 6.69. The van der Waals surface area contributed by atoms with Gasteiger partial charge < -0.3 is 10.2 Å². The normalized spacial score (nSPS) is 12.1. The second-order valence-electron chi connectivity index (χ2n) is 5.27. The van der Waals surface area contributed by atoms with Gasteiger partial charge in [-0.3, -0.25) is 9.48 Å². The number of carbonyl (C=O) groups is 1. The van der Waals surface area contributed by atoms with Crippen LogP contribution in [0.5, 0.6) is 0 Å². The molecule has 0 bridgehead atoms. The van der Waals surface area contributed by atoms with Crippen LogP contribution in [0.15, 0.2) is 30.6 Å². The Labute approximate surface area is 142 Å². The third kappa shape index (κ3) is 3.80. The van der Waals surface area contributed by atoms with Crippen LogP contribution in [0.3, 0.4) is 0 Å². The van der Waals surface area contributed by atoms with E-state index in [1.807, 2.05) is 38.5 Å². The van der Waals surface area contributed by atoms with Gasteiger partial charge in [0.1, 0.15) is 0 Å². The Hall–Kier alpha value is -1.56. The third-order valence-electron chi connectivity index (χ3n) is 3.61. The lowest BCUT2D eigenvalue weighted by Gasteiger charge is -2.16. The average molecular weight is 343 g/mol. The fourth-order valence-electron chi connectivity index (χ4n) is 2.55. The second kappa shape index (κ2) is 7.63. The molecule has 0 radical (unpaired) electrons. The Kier molecular flexibility index (Phi) is 6.41. The zero-order chi connectivity index (χ0) is 14.1.